The van der Waals surface area contributed by atoms with Crippen LogP contribution in [0.1, 0.15) is 12.5 Å². The molecule has 1 aromatic rings. The van der Waals surface area contributed by atoms with Crippen molar-refractivity contribution in [1.82, 2.24) is 0 Å². The van der Waals surface area contributed by atoms with Crippen molar-refractivity contribution in [1.29, 1.82) is 0 Å². The maximum absolute atomic E-state index is 9.20. The van der Waals surface area contributed by atoms with Crippen molar-refractivity contribution in [3.8, 4) is 11.5 Å². The second-order valence-corrected chi connectivity index (χ2v) is 2.24. The molecule has 2 heteroatoms. The molecule has 0 aromatic heterocycles. The minimum Gasteiger partial charge on any atom is -0.508 e. The topological polar surface area (TPSA) is 40.5 Å². The Morgan fingerprint density at radius 3 is 2.64 bits per heavy atom. The Bertz CT molecular complexity index is 277. The molecule has 11 heavy (non-hydrogen) atoms. The highest BCUT2D eigenvalue weighted by Crippen LogP contribution is 2.22. The molecule has 0 radical (unpaired) electrons. The first kappa shape index (κ1) is 7.66. The van der Waals surface area contributed by atoms with E-state index in [1.54, 1.807) is 12.2 Å². The molecule has 0 aliphatic rings. The van der Waals surface area contributed by atoms with Crippen molar-refractivity contribution in [2.45, 2.75) is 6.92 Å². The first-order chi connectivity index (χ1) is 5.24. The first-order valence-electron chi connectivity index (χ1n) is 3.38. The molecule has 58 valence electrons. The maximum atomic E-state index is 9.20. The third-order valence-corrected chi connectivity index (χ3v) is 1.36. The summed E-state index contributed by atoms with van der Waals surface area (Å²) >= 11 is 0. The molecule has 0 spiro atoms. The maximum Gasteiger partial charge on any atom is 0.123 e. The molecule has 0 saturated carbocycles. The van der Waals surface area contributed by atoms with E-state index in [1.807, 2.05) is 6.92 Å². The van der Waals surface area contributed by atoms with E-state index >= 15 is 0 Å². The minimum atomic E-state index is 0.163. The van der Waals surface area contributed by atoms with Crippen LogP contribution in [0.4, 0.5) is 0 Å². The van der Waals surface area contributed by atoms with E-state index in [9.17, 15) is 5.11 Å². The van der Waals surface area contributed by atoms with Gasteiger partial charge in [0.25, 0.3) is 0 Å². The number of phenolic OH excluding ortho intramolecular Hbond substituents is 2. The second-order valence-electron chi connectivity index (χ2n) is 2.24. The Labute approximate surface area is 65.4 Å². The summed E-state index contributed by atoms with van der Waals surface area (Å²) in [6.07, 6.45) is 3.53. The Morgan fingerprint density at radius 1 is 1.27 bits per heavy atom. The van der Waals surface area contributed by atoms with Crippen LogP contribution in [0.2, 0.25) is 0 Å². The first-order valence-corrected chi connectivity index (χ1v) is 3.38. The summed E-state index contributed by atoms with van der Waals surface area (Å²) in [6, 6.07) is 4.42. The molecule has 0 aliphatic heterocycles. The monoisotopic (exact) mass is 150 g/mol. The lowest BCUT2D eigenvalue weighted by Crippen LogP contribution is -1.73. The highest BCUT2D eigenvalue weighted by molar-refractivity contribution is 5.58. The average Bonchev–Trinajstić information content (AvgIpc) is 1.98. The van der Waals surface area contributed by atoms with E-state index in [1.165, 1.54) is 18.2 Å². The van der Waals surface area contributed by atoms with Crippen molar-refractivity contribution in [3.05, 3.63) is 29.8 Å². The van der Waals surface area contributed by atoms with Gasteiger partial charge in [-0.2, -0.15) is 0 Å². The molecule has 0 amide bonds. The molecular weight excluding hydrogens is 140 g/mol. The molecule has 2 N–H and O–H groups in total. The van der Waals surface area contributed by atoms with Gasteiger partial charge in [0.2, 0.25) is 0 Å². The number of hydrogen-bond donors (Lipinski definition) is 2. The summed E-state index contributed by atoms with van der Waals surface area (Å²) in [5.74, 6) is 0.344. The van der Waals surface area contributed by atoms with Crippen LogP contribution >= 0.6 is 0 Å². The van der Waals surface area contributed by atoms with Gasteiger partial charge in [0, 0.05) is 5.56 Å². The largest absolute Gasteiger partial charge is 0.508 e. The van der Waals surface area contributed by atoms with E-state index in [0.29, 0.717) is 5.56 Å². The highest BCUT2D eigenvalue weighted by Gasteiger charge is 1.96. The van der Waals surface area contributed by atoms with Crippen LogP contribution in [-0.2, 0) is 0 Å². The SMILES string of the molecule is C/C=C\c1cc(O)ccc1O. The van der Waals surface area contributed by atoms with Crippen molar-refractivity contribution < 1.29 is 10.2 Å². The lowest BCUT2D eigenvalue weighted by atomic mass is 10.2. The molecule has 0 fully saturated rings. The average molecular weight is 150 g/mol. The van der Waals surface area contributed by atoms with Crippen LogP contribution in [0.5, 0.6) is 11.5 Å². The van der Waals surface area contributed by atoms with E-state index in [4.69, 9.17) is 5.11 Å². The summed E-state index contributed by atoms with van der Waals surface area (Å²) in [4.78, 5) is 0. The van der Waals surface area contributed by atoms with Gasteiger partial charge in [-0.25, -0.2) is 0 Å². The smallest absolute Gasteiger partial charge is 0.123 e. The van der Waals surface area contributed by atoms with Gasteiger partial charge in [0.1, 0.15) is 11.5 Å². The molecule has 0 atom stereocenters. The van der Waals surface area contributed by atoms with Crippen LogP contribution < -0.4 is 0 Å². The van der Waals surface area contributed by atoms with Gasteiger partial charge in [-0.1, -0.05) is 12.2 Å². The molecule has 0 unspecified atom stereocenters. The molecule has 0 aliphatic carbocycles. The van der Waals surface area contributed by atoms with Crippen molar-refractivity contribution in [2.75, 3.05) is 0 Å². The van der Waals surface area contributed by atoms with E-state index in [2.05, 4.69) is 0 Å². The Kier molecular flexibility index (Phi) is 2.16. The summed E-state index contributed by atoms with van der Waals surface area (Å²) in [5.41, 5.74) is 0.632. The highest BCUT2D eigenvalue weighted by atomic mass is 16.3. The van der Waals surface area contributed by atoms with Gasteiger partial charge in [-0.3, -0.25) is 0 Å². The van der Waals surface area contributed by atoms with Gasteiger partial charge >= 0.3 is 0 Å². The summed E-state index contributed by atoms with van der Waals surface area (Å²) in [6.45, 7) is 1.85. The predicted octanol–water partition coefficient (Wildman–Crippen LogP) is 2.13. The van der Waals surface area contributed by atoms with Crippen LogP contribution in [-0.4, -0.2) is 10.2 Å². The lowest BCUT2D eigenvalue weighted by molar-refractivity contribution is 0.459. The van der Waals surface area contributed by atoms with Crippen molar-refractivity contribution in [2.24, 2.45) is 0 Å². The molecule has 0 bridgehead atoms. The second kappa shape index (κ2) is 3.10. The Hall–Kier alpha value is -1.44. The van der Waals surface area contributed by atoms with Gasteiger partial charge < -0.3 is 10.2 Å². The van der Waals surface area contributed by atoms with Crippen molar-refractivity contribution in [3.63, 3.8) is 0 Å². The number of phenols is 2. The minimum absolute atomic E-state index is 0.163. The number of rotatable bonds is 1. The Balaban J connectivity index is 3.12. The zero-order chi connectivity index (χ0) is 8.27. The number of allylic oxidation sites excluding steroid dienone is 1. The fourth-order valence-electron chi connectivity index (χ4n) is 0.855. The van der Waals surface area contributed by atoms with Crippen LogP contribution in [0.15, 0.2) is 24.3 Å². The number of benzene rings is 1. The third-order valence-electron chi connectivity index (χ3n) is 1.36. The van der Waals surface area contributed by atoms with Gasteiger partial charge in [-0.05, 0) is 25.1 Å². The number of hydrogen-bond acceptors (Lipinski definition) is 2. The molecular formula is C9H10O2. The molecule has 1 aromatic carbocycles. The van der Waals surface area contributed by atoms with Crippen LogP contribution in [0, 0.1) is 0 Å². The third kappa shape index (κ3) is 1.74. The van der Waals surface area contributed by atoms with Crippen LogP contribution in [0.3, 0.4) is 0 Å². The molecule has 0 saturated heterocycles. The van der Waals surface area contributed by atoms with E-state index < -0.39 is 0 Å². The van der Waals surface area contributed by atoms with E-state index in [0.717, 1.165) is 0 Å². The predicted molar refractivity (Wildman–Crippen MR) is 44.5 cm³/mol. The molecule has 0 heterocycles. The zero-order valence-corrected chi connectivity index (χ0v) is 6.28. The fraction of sp³-hybridized carbons (Fsp3) is 0.111. The summed E-state index contributed by atoms with van der Waals surface area (Å²) in [7, 11) is 0. The van der Waals surface area contributed by atoms with Gasteiger partial charge in [0.15, 0.2) is 0 Å². The zero-order valence-electron chi connectivity index (χ0n) is 6.28. The summed E-state index contributed by atoms with van der Waals surface area (Å²) in [5, 5.41) is 18.2. The summed E-state index contributed by atoms with van der Waals surface area (Å²) < 4.78 is 0. The standard InChI is InChI=1S/C9H10O2/c1-2-3-7-6-8(10)4-5-9(7)11/h2-6,10-11H,1H3/b3-2-. The van der Waals surface area contributed by atoms with Crippen molar-refractivity contribution >= 4 is 6.08 Å². The lowest BCUT2D eigenvalue weighted by Gasteiger charge is -1.98. The molecule has 1 rings (SSSR count). The van der Waals surface area contributed by atoms with E-state index in [-0.39, 0.29) is 11.5 Å². The van der Waals surface area contributed by atoms with Gasteiger partial charge in [-0.15, -0.1) is 0 Å². The normalized spacial score (nSPS) is 10.6. The Morgan fingerprint density at radius 2 is 2.00 bits per heavy atom. The number of aromatic hydroxyl groups is 2. The van der Waals surface area contributed by atoms with Gasteiger partial charge in [0.05, 0.1) is 0 Å². The quantitative estimate of drug-likeness (QED) is 0.602. The molecule has 2 nitrogen and oxygen atoms in total. The fourth-order valence-corrected chi connectivity index (χ4v) is 0.855. The van der Waals surface area contributed by atoms with Crippen LogP contribution in [0.25, 0.3) is 6.08 Å².